The fraction of sp³-hybridized carbons (Fsp3) is 0.346. The number of allylic oxidation sites excluding steroid dienone is 2. The van der Waals surface area contributed by atoms with Crippen LogP contribution < -0.4 is 4.74 Å². The number of hydrogen-bond acceptors (Lipinski definition) is 5. The van der Waals surface area contributed by atoms with Crippen LogP contribution in [0.1, 0.15) is 36.0 Å². The monoisotopic (exact) mass is 446 g/mol. The van der Waals surface area contributed by atoms with Gasteiger partial charge in [-0.3, -0.25) is 4.79 Å². The van der Waals surface area contributed by atoms with Crippen LogP contribution >= 0.6 is 11.6 Å². The van der Waals surface area contributed by atoms with E-state index >= 15 is 0 Å². The zero-order valence-corrected chi connectivity index (χ0v) is 18.7. The molecular weight excluding hydrogens is 424 g/mol. The number of aromatic nitrogens is 2. The van der Waals surface area contributed by atoms with Crippen LogP contribution in [-0.4, -0.2) is 20.9 Å². The summed E-state index contributed by atoms with van der Waals surface area (Å²) in [6.07, 6.45) is 4.90. The molecule has 1 heterocycles. The SMILES string of the molecule is Cc1cc(Oc2cnc3cc(Cl)ccc3n2)cc(C)c1C1=C(O)[C@@H]2[C@@H]3CC[C@@H](C3)[C@@H]2C1=O. The number of aliphatic hydroxyl groups excluding tert-OH is 1. The van der Waals surface area contributed by atoms with Gasteiger partial charge in [-0.2, -0.15) is 0 Å². The van der Waals surface area contributed by atoms with Gasteiger partial charge in [0, 0.05) is 16.9 Å². The predicted octanol–water partition coefficient (Wildman–Crippen LogP) is 6.21. The molecule has 3 aliphatic carbocycles. The minimum atomic E-state index is -0.0279. The Morgan fingerprint density at radius 2 is 1.75 bits per heavy atom. The van der Waals surface area contributed by atoms with Crippen LogP contribution in [0.15, 0.2) is 42.3 Å². The Morgan fingerprint density at radius 1 is 1.03 bits per heavy atom. The third kappa shape index (κ3) is 2.87. The number of fused-ring (bicyclic) bond motifs is 6. The highest BCUT2D eigenvalue weighted by Gasteiger charge is 2.57. The Hall–Kier alpha value is -2.92. The van der Waals surface area contributed by atoms with Crippen LogP contribution in [0.3, 0.4) is 0 Å². The molecule has 0 radical (unpaired) electrons. The molecule has 6 rings (SSSR count). The smallest absolute Gasteiger partial charge is 0.238 e. The van der Waals surface area contributed by atoms with Crippen molar-refractivity contribution < 1.29 is 14.6 Å². The van der Waals surface area contributed by atoms with Crippen molar-refractivity contribution in [3.63, 3.8) is 0 Å². The van der Waals surface area contributed by atoms with Gasteiger partial charge in [0.2, 0.25) is 5.88 Å². The lowest BCUT2D eigenvalue weighted by Crippen LogP contribution is -2.24. The van der Waals surface area contributed by atoms with Crippen LogP contribution in [0, 0.1) is 37.5 Å². The third-order valence-electron chi connectivity index (χ3n) is 7.50. The van der Waals surface area contributed by atoms with Gasteiger partial charge >= 0.3 is 0 Å². The first kappa shape index (κ1) is 19.7. The van der Waals surface area contributed by atoms with Gasteiger partial charge in [-0.05, 0) is 92.0 Å². The van der Waals surface area contributed by atoms with E-state index in [9.17, 15) is 9.90 Å². The summed E-state index contributed by atoms with van der Waals surface area (Å²) >= 11 is 6.02. The number of rotatable bonds is 3. The van der Waals surface area contributed by atoms with Crippen molar-refractivity contribution in [2.45, 2.75) is 33.1 Å². The standard InChI is InChI=1S/C26H23ClN2O3/c1-12-7-17(32-20-11-28-19-10-16(27)5-6-18(19)29-20)8-13(2)21(12)24-25(30)22-14-3-4-15(9-14)23(22)26(24)31/h5-8,10-11,14-15,22-23,30H,3-4,9H2,1-2H3/t14-,15+,22-,23+/m1/s1. The average Bonchev–Trinajstić information content (AvgIpc) is 3.43. The number of ketones is 1. The summed E-state index contributed by atoms with van der Waals surface area (Å²) in [5.41, 5.74) is 4.58. The van der Waals surface area contributed by atoms with Gasteiger partial charge in [0.15, 0.2) is 5.78 Å². The van der Waals surface area contributed by atoms with Gasteiger partial charge in [-0.15, -0.1) is 0 Å². The lowest BCUT2D eigenvalue weighted by atomic mass is 9.80. The number of aliphatic hydroxyl groups is 1. The zero-order chi connectivity index (χ0) is 22.1. The molecule has 1 aromatic heterocycles. The van der Waals surface area contributed by atoms with Crippen molar-refractivity contribution in [2.24, 2.45) is 23.7 Å². The van der Waals surface area contributed by atoms with E-state index in [2.05, 4.69) is 9.97 Å². The third-order valence-corrected chi connectivity index (χ3v) is 7.73. The van der Waals surface area contributed by atoms with Crippen molar-refractivity contribution in [1.29, 1.82) is 0 Å². The summed E-state index contributed by atoms with van der Waals surface area (Å²) in [6.45, 7) is 3.92. The van der Waals surface area contributed by atoms with Gasteiger partial charge < -0.3 is 9.84 Å². The molecule has 5 nitrogen and oxygen atoms in total. The maximum Gasteiger partial charge on any atom is 0.238 e. The minimum absolute atomic E-state index is 0.0207. The van der Waals surface area contributed by atoms with E-state index in [4.69, 9.17) is 16.3 Å². The first-order valence-electron chi connectivity index (χ1n) is 11.1. The first-order chi connectivity index (χ1) is 15.4. The van der Waals surface area contributed by atoms with Crippen molar-refractivity contribution in [2.75, 3.05) is 0 Å². The Balaban J connectivity index is 1.34. The Labute approximate surface area is 191 Å². The summed E-state index contributed by atoms with van der Waals surface area (Å²) in [5, 5.41) is 11.7. The highest BCUT2D eigenvalue weighted by atomic mass is 35.5. The van der Waals surface area contributed by atoms with Crippen molar-refractivity contribution >= 4 is 34.0 Å². The number of carbonyl (C=O) groups is 1. The summed E-state index contributed by atoms with van der Waals surface area (Å²) < 4.78 is 6.00. The number of carbonyl (C=O) groups excluding carboxylic acids is 1. The molecule has 4 atom stereocenters. The molecule has 3 aliphatic rings. The highest BCUT2D eigenvalue weighted by Crippen LogP contribution is 2.60. The minimum Gasteiger partial charge on any atom is -0.511 e. The predicted molar refractivity (Wildman–Crippen MR) is 123 cm³/mol. The van der Waals surface area contributed by atoms with Gasteiger partial charge in [-0.1, -0.05) is 11.6 Å². The van der Waals surface area contributed by atoms with Gasteiger partial charge in [0.1, 0.15) is 11.5 Å². The molecule has 32 heavy (non-hydrogen) atoms. The molecule has 0 saturated heterocycles. The number of nitrogens with zero attached hydrogens (tertiary/aromatic N) is 2. The first-order valence-corrected chi connectivity index (χ1v) is 11.5. The number of ether oxygens (including phenoxy) is 1. The maximum atomic E-state index is 13.3. The summed E-state index contributed by atoms with van der Waals surface area (Å²) in [5.74, 6) is 2.32. The maximum absolute atomic E-state index is 13.3. The quantitative estimate of drug-likeness (QED) is 0.518. The van der Waals surface area contributed by atoms with Crippen LogP contribution in [0.2, 0.25) is 5.02 Å². The fourth-order valence-electron chi connectivity index (χ4n) is 6.29. The van der Waals surface area contributed by atoms with E-state index in [0.29, 0.717) is 50.9 Å². The Morgan fingerprint density at radius 3 is 2.47 bits per heavy atom. The molecule has 1 N–H and O–H groups in total. The fourth-order valence-corrected chi connectivity index (χ4v) is 6.45. The molecule has 2 saturated carbocycles. The van der Waals surface area contributed by atoms with E-state index in [1.165, 1.54) is 0 Å². The molecule has 2 fully saturated rings. The van der Waals surface area contributed by atoms with Crippen molar-refractivity contribution in [3.05, 3.63) is 64.0 Å². The Bertz CT molecular complexity index is 1310. The summed E-state index contributed by atoms with van der Waals surface area (Å²) in [7, 11) is 0. The van der Waals surface area contributed by atoms with Gasteiger partial charge in [0.05, 0.1) is 22.8 Å². The van der Waals surface area contributed by atoms with Crippen LogP contribution in [0.5, 0.6) is 11.6 Å². The van der Waals surface area contributed by atoms with E-state index in [0.717, 1.165) is 36.0 Å². The largest absolute Gasteiger partial charge is 0.511 e. The number of hydrogen-bond donors (Lipinski definition) is 1. The molecule has 0 aliphatic heterocycles. The van der Waals surface area contributed by atoms with Gasteiger partial charge in [-0.25, -0.2) is 9.97 Å². The Kier molecular flexibility index (Phi) is 4.34. The summed E-state index contributed by atoms with van der Waals surface area (Å²) in [6, 6.07) is 9.13. The van der Waals surface area contributed by atoms with E-state index < -0.39 is 0 Å². The molecule has 3 aromatic rings. The molecule has 0 spiro atoms. The lowest BCUT2D eigenvalue weighted by molar-refractivity contribution is -0.118. The lowest BCUT2D eigenvalue weighted by Gasteiger charge is -2.23. The number of benzene rings is 2. The highest BCUT2D eigenvalue weighted by molar-refractivity contribution is 6.31. The average molecular weight is 447 g/mol. The van der Waals surface area contributed by atoms with E-state index in [1.807, 2.05) is 32.0 Å². The molecular formula is C26H23ClN2O3. The molecule has 2 aromatic carbocycles. The molecule has 0 amide bonds. The number of halogens is 1. The second-order valence-electron chi connectivity index (χ2n) is 9.38. The zero-order valence-electron chi connectivity index (χ0n) is 17.9. The van der Waals surface area contributed by atoms with Crippen LogP contribution in [0.25, 0.3) is 16.6 Å². The van der Waals surface area contributed by atoms with E-state index in [-0.39, 0.29) is 17.6 Å². The topological polar surface area (TPSA) is 72.3 Å². The van der Waals surface area contributed by atoms with Crippen molar-refractivity contribution in [1.82, 2.24) is 9.97 Å². The molecule has 0 unspecified atom stereocenters. The van der Waals surface area contributed by atoms with E-state index in [1.54, 1.807) is 18.3 Å². The normalized spacial score (nSPS) is 26.3. The second kappa shape index (κ2) is 7.04. The molecule has 2 bridgehead atoms. The molecule has 6 heteroatoms. The number of aryl methyl sites for hydroxylation is 2. The molecule has 162 valence electrons. The number of Topliss-reactive ketones (excluding diaryl/α,β-unsaturated/α-hetero) is 1. The summed E-state index contributed by atoms with van der Waals surface area (Å²) in [4.78, 5) is 22.2. The second-order valence-corrected chi connectivity index (χ2v) is 9.82. The van der Waals surface area contributed by atoms with Crippen LogP contribution in [0.4, 0.5) is 0 Å². The van der Waals surface area contributed by atoms with Crippen LogP contribution in [-0.2, 0) is 4.79 Å². The van der Waals surface area contributed by atoms with Gasteiger partial charge in [0.25, 0.3) is 0 Å². The van der Waals surface area contributed by atoms with Crippen molar-refractivity contribution in [3.8, 4) is 11.6 Å².